The van der Waals surface area contributed by atoms with Crippen molar-refractivity contribution < 1.29 is 4.74 Å². The number of hydrogen-bond acceptors (Lipinski definition) is 1. The summed E-state index contributed by atoms with van der Waals surface area (Å²) in [6.45, 7) is 10.4. The van der Waals surface area contributed by atoms with Gasteiger partial charge in [0.2, 0.25) is 0 Å². The molecule has 0 atom stereocenters. The molecular formula is C11H20O. The average molecular weight is 168 g/mol. The van der Waals surface area contributed by atoms with Gasteiger partial charge in [-0.15, -0.1) is 0 Å². The quantitative estimate of drug-likeness (QED) is 0.506. The zero-order valence-corrected chi connectivity index (χ0v) is 8.74. The number of ether oxygens (including phenoxy) is 1. The standard InChI is InChI=1S/C11H20O/c1-9(2)6-5-7-10(3,4)11(9)8-12-11/h5-8H2,1-4H3. The summed E-state index contributed by atoms with van der Waals surface area (Å²) >= 11 is 0. The molecular weight excluding hydrogens is 148 g/mol. The lowest BCUT2D eigenvalue weighted by molar-refractivity contribution is -0.0201. The maximum absolute atomic E-state index is 5.77. The van der Waals surface area contributed by atoms with Crippen molar-refractivity contribution in [3.05, 3.63) is 0 Å². The van der Waals surface area contributed by atoms with Gasteiger partial charge < -0.3 is 4.74 Å². The van der Waals surface area contributed by atoms with Crippen LogP contribution in [0.3, 0.4) is 0 Å². The molecule has 0 aromatic carbocycles. The lowest BCUT2D eigenvalue weighted by atomic mass is 9.57. The van der Waals surface area contributed by atoms with Crippen LogP contribution in [0, 0.1) is 10.8 Å². The van der Waals surface area contributed by atoms with Crippen molar-refractivity contribution in [1.82, 2.24) is 0 Å². The summed E-state index contributed by atoms with van der Waals surface area (Å²) in [6.07, 6.45) is 4.03. The molecule has 1 saturated carbocycles. The van der Waals surface area contributed by atoms with Gasteiger partial charge in [-0.1, -0.05) is 34.1 Å². The van der Waals surface area contributed by atoms with Crippen LogP contribution in [0.5, 0.6) is 0 Å². The predicted molar refractivity (Wildman–Crippen MR) is 50.1 cm³/mol. The van der Waals surface area contributed by atoms with E-state index in [-0.39, 0.29) is 5.60 Å². The average Bonchev–Trinajstić information content (AvgIpc) is 2.61. The molecule has 0 bridgehead atoms. The van der Waals surface area contributed by atoms with E-state index in [0.29, 0.717) is 10.8 Å². The Morgan fingerprint density at radius 2 is 1.33 bits per heavy atom. The molecule has 2 fully saturated rings. The summed E-state index contributed by atoms with van der Waals surface area (Å²) in [4.78, 5) is 0. The Morgan fingerprint density at radius 3 is 1.58 bits per heavy atom. The second kappa shape index (κ2) is 2.06. The van der Waals surface area contributed by atoms with Gasteiger partial charge in [-0.05, 0) is 23.7 Å². The highest BCUT2D eigenvalue weighted by molar-refractivity contribution is 5.14. The van der Waals surface area contributed by atoms with Gasteiger partial charge in [-0.2, -0.15) is 0 Å². The van der Waals surface area contributed by atoms with Crippen molar-refractivity contribution >= 4 is 0 Å². The van der Waals surface area contributed by atoms with Crippen molar-refractivity contribution in [2.45, 2.75) is 52.6 Å². The third kappa shape index (κ3) is 0.834. The highest BCUT2D eigenvalue weighted by Gasteiger charge is 2.66. The van der Waals surface area contributed by atoms with Gasteiger partial charge in [0.15, 0.2) is 0 Å². The minimum Gasteiger partial charge on any atom is -0.368 e. The molecule has 1 nitrogen and oxygen atoms in total. The van der Waals surface area contributed by atoms with Gasteiger partial charge >= 0.3 is 0 Å². The van der Waals surface area contributed by atoms with Crippen LogP contribution in [-0.4, -0.2) is 12.2 Å². The largest absolute Gasteiger partial charge is 0.368 e. The normalized spacial score (nSPS) is 35.0. The molecule has 12 heavy (non-hydrogen) atoms. The lowest BCUT2D eigenvalue weighted by Gasteiger charge is -2.47. The monoisotopic (exact) mass is 168 g/mol. The highest BCUT2D eigenvalue weighted by atomic mass is 16.6. The molecule has 70 valence electrons. The summed E-state index contributed by atoms with van der Waals surface area (Å²) in [5.41, 5.74) is 1.02. The minimum atomic E-state index is 0.220. The summed E-state index contributed by atoms with van der Waals surface area (Å²) < 4.78 is 5.77. The van der Waals surface area contributed by atoms with Crippen molar-refractivity contribution in [2.75, 3.05) is 6.61 Å². The molecule has 1 heteroatoms. The fraction of sp³-hybridized carbons (Fsp3) is 1.00. The second-order valence-electron chi connectivity index (χ2n) is 5.74. The van der Waals surface area contributed by atoms with Crippen molar-refractivity contribution in [3.8, 4) is 0 Å². The predicted octanol–water partition coefficient (Wildman–Crippen LogP) is 2.99. The maximum atomic E-state index is 5.77. The lowest BCUT2D eigenvalue weighted by Crippen LogP contribution is -2.48. The Labute approximate surface area is 75.5 Å². The third-order valence-corrected chi connectivity index (χ3v) is 4.22. The van der Waals surface area contributed by atoms with Crippen molar-refractivity contribution in [3.63, 3.8) is 0 Å². The Hall–Kier alpha value is -0.0400. The van der Waals surface area contributed by atoms with Crippen molar-refractivity contribution in [2.24, 2.45) is 10.8 Å². The van der Waals surface area contributed by atoms with Crippen LogP contribution in [-0.2, 0) is 4.74 Å². The van der Waals surface area contributed by atoms with Gasteiger partial charge in [-0.3, -0.25) is 0 Å². The van der Waals surface area contributed by atoms with Crippen molar-refractivity contribution in [1.29, 1.82) is 0 Å². The first-order chi connectivity index (χ1) is 5.41. The molecule has 0 unspecified atom stereocenters. The molecule has 2 rings (SSSR count). The molecule has 0 aromatic rings. The molecule has 1 aliphatic carbocycles. The topological polar surface area (TPSA) is 12.5 Å². The molecule has 1 aliphatic heterocycles. The van der Waals surface area contributed by atoms with Crippen LogP contribution in [0.1, 0.15) is 47.0 Å². The first-order valence-electron chi connectivity index (χ1n) is 5.05. The molecule has 1 saturated heterocycles. The molecule has 0 N–H and O–H groups in total. The Bertz CT molecular complexity index is 181. The molecule has 1 spiro atoms. The smallest absolute Gasteiger partial charge is 0.102 e. The van der Waals surface area contributed by atoms with Crippen LogP contribution in [0.4, 0.5) is 0 Å². The summed E-state index contributed by atoms with van der Waals surface area (Å²) in [5.74, 6) is 0. The zero-order valence-electron chi connectivity index (χ0n) is 8.74. The Kier molecular flexibility index (Phi) is 1.47. The van der Waals surface area contributed by atoms with Crippen LogP contribution < -0.4 is 0 Å². The zero-order chi connectivity index (χ0) is 9.04. The first-order valence-corrected chi connectivity index (χ1v) is 5.05. The number of epoxide rings is 1. The highest BCUT2D eigenvalue weighted by Crippen LogP contribution is 2.62. The summed E-state index contributed by atoms with van der Waals surface area (Å²) in [5, 5.41) is 0. The molecule has 0 aromatic heterocycles. The second-order valence-corrected chi connectivity index (χ2v) is 5.74. The SMILES string of the molecule is CC1(C)CCCC(C)(C)C12CO2. The third-order valence-electron chi connectivity index (χ3n) is 4.22. The Morgan fingerprint density at radius 1 is 0.917 bits per heavy atom. The van der Waals surface area contributed by atoms with E-state index in [2.05, 4.69) is 27.7 Å². The van der Waals surface area contributed by atoms with E-state index < -0.39 is 0 Å². The van der Waals surface area contributed by atoms with Gasteiger partial charge in [0, 0.05) is 0 Å². The van der Waals surface area contributed by atoms with Gasteiger partial charge in [0.1, 0.15) is 5.60 Å². The fourth-order valence-electron chi connectivity index (χ4n) is 3.15. The maximum Gasteiger partial charge on any atom is 0.102 e. The molecule has 1 heterocycles. The van der Waals surface area contributed by atoms with E-state index in [4.69, 9.17) is 4.74 Å². The van der Waals surface area contributed by atoms with E-state index >= 15 is 0 Å². The number of hydrogen-bond donors (Lipinski definition) is 0. The van der Waals surface area contributed by atoms with Crippen LogP contribution in [0.15, 0.2) is 0 Å². The molecule has 2 aliphatic rings. The summed E-state index contributed by atoms with van der Waals surface area (Å²) in [6, 6.07) is 0. The number of rotatable bonds is 0. The first kappa shape index (κ1) is 8.55. The van der Waals surface area contributed by atoms with Gasteiger partial charge in [-0.25, -0.2) is 0 Å². The fourth-order valence-corrected chi connectivity index (χ4v) is 3.15. The van der Waals surface area contributed by atoms with Crippen LogP contribution >= 0.6 is 0 Å². The van der Waals surface area contributed by atoms with Gasteiger partial charge in [0.05, 0.1) is 6.61 Å². The van der Waals surface area contributed by atoms with E-state index in [1.54, 1.807) is 0 Å². The van der Waals surface area contributed by atoms with E-state index in [1.807, 2.05) is 0 Å². The van der Waals surface area contributed by atoms with E-state index in [0.717, 1.165) is 6.61 Å². The van der Waals surface area contributed by atoms with Crippen LogP contribution in [0.25, 0.3) is 0 Å². The Balaban J connectivity index is 2.32. The van der Waals surface area contributed by atoms with Crippen LogP contribution in [0.2, 0.25) is 0 Å². The van der Waals surface area contributed by atoms with Gasteiger partial charge in [0.25, 0.3) is 0 Å². The van der Waals surface area contributed by atoms with E-state index in [1.165, 1.54) is 19.3 Å². The minimum absolute atomic E-state index is 0.220. The molecule has 0 amide bonds. The summed E-state index contributed by atoms with van der Waals surface area (Å²) in [7, 11) is 0. The van der Waals surface area contributed by atoms with E-state index in [9.17, 15) is 0 Å². The molecule has 0 radical (unpaired) electrons.